The Kier molecular flexibility index (Phi) is 5.78. The van der Waals surface area contributed by atoms with E-state index < -0.39 is 0 Å². The van der Waals surface area contributed by atoms with E-state index in [1.54, 1.807) is 12.2 Å². The fourth-order valence-corrected chi connectivity index (χ4v) is 3.08. The predicted molar refractivity (Wildman–Crippen MR) is 105 cm³/mol. The number of anilines is 2. The number of rotatable bonds is 6. The van der Waals surface area contributed by atoms with Crippen molar-refractivity contribution in [3.8, 4) is 0 Å². The van der Waals surface area contributed by atoms with Crippen LogP contribution >= 0.6 is 0 Å². The number of allylic oxidation sites excluding steroid dienone is 5. The molecular weight excluding hydrogens is 324 g/mol. The molecule has 1 aliphatic rings. The molecule has 2 aromatic rings. The molecule has 1 aliphatic heterocycles. The van der Waals surface area contributed by atoms with E-state index in [4.69, 9.17) is 0 Å². The molecule has 2 aromatic carbocycles. The number of carbonyl (C=O) groups is 2. The molecule has 26 heavy (non-hydrogen) atoms. The lowest BCUT2D eigenvalue weighted by atomic mass is 10.2. The lowest BCUT2D eigenvalue weighted by Crippen LogP contribution is -2.24. The summed E-state index contributed by atoms with van der Waals surface area (Å²) >= 11 is 0. The molecule has 3 rings (SSSR count). The zero-order chi connectivity index (χ0) is 18.2. The molecule has 0 saturated carbocycles. The maximum absolute atomic E-state index is 10.9. The van der Waals surface area contributed by atoms with Gasteiger partial charge in [0.25, 0.3) is 0 Å². The molecule has 130 valence electrons. The molecule has 4 heteroatoms. The minimum atomic E-state index is 0.740. The van der Waals surface area contributed by atoms with Crippen molar-refractivity contribution in [1.29, 1.82) is 0 Å². The van der Waals surface area contributed by atoms with Gasteiger partial charge in [-0.3, -0.25) is 9.59 Å². The van der Waals surface area contributed by atoms with Gasteiger partial charge in [0.05, 0.1) is 0 Å². The highest BCUT2D eigenvalue weighted by Crippen LogP contribution is 2.33. The van der Waals surface area contributed by atoms with Crippen molar-refractivity contribution >= 4 is 23.9 Å². The van der Waals surface area contributed by atoms with Crippen LogP contribution in [0.4, 0.5) is 11.4 Å². The first-order valence-corrected chi connectivity index (χ1v) is 8.48. The molecule has 1 heterocycles. The Hall–Kier alpha value is -3.40. The van der Waals surface area contributed by atoms with Crippen LogP contribution in [0.3, 0.4) is 0 Å². The molecule has 0 aliphatic carbocycles. The first kappa shape index (κ1) is 17.4. The van der Waals surface area contributed by atoms with E-state index in [0.717, 1.165) is 48.4 Å². The van der Waals surface area contributed by atoms with Gasteiger partial charge in [-0.15, -0.1) is 0 Å². The average molecular weight is 344 g/mol. The van der Waals surface area contributed by atoms with Crippen LogP contribution in [0, 0.1) is 0 Å². The van der Waals surface area contributed by atoms with Crippen LogP contribution in [-0.2, 0) is 9.59 Å². The Morgan fingerprint density at radius 2 is 1.12 bits per heavy atom. The second-order valence-corrected chi connectivity index (χ2v) is 5.74. The Morgan fingerprint density at radius 1 is 0.692 bits per heavy atom. The van der Waals surface area contributed by atoms with Gasteiger partial charge in [0.1, 0.15) is 18.4 Å². The predicted octanol–water partition coefficient (Wildman–Crippen LogP) is 3.74. The lowest BCUT2D eigenvalue weighted by molar-refractivity contribution is -0.104. The van der Waals surface area contributed by atoms with Crippen molar-refractivity contribution in [2.75, 3.05) is 22.9 Å². The third-order valence-electron chi connectivity index (χ3n) is 4.16. The molecule has 0 radical (unpaired) electrons. The highest BCUT2D eigenvalue weighted by Gasteiger charge is 2.28. The summed E-state index contributed by atoms with van der Waals surface area (Å²) in [6.07, 6.45) is 7.84. The third kappa shape index (κ3) is 3.81. The van der Waals surface area contributed by atoms with Gasteiger partial charge in [-0.1, -0.05) is 36.4 Å². The van der Waals surface area contributed by atoms with Gasteiger partial charge >= 0.3 is 0 Å². The number of hydrogen-bond donors (Lipinski definition) is 0. The second kappa shape index (κ2) is 8.62. The average Bonchev–Trinajstić information content (AvgIpc) is 3.14. The van der Waals surface area contributed by atoms with Gasteiger partial charge in [0, 0.05) is 30.0 Å². The maximum Gasteiger partial charge on any atom is 0.142 e. The van der Waals surface area contributed by atoms with Crippen molar-refractivity contribution in [3.05, 3.63) is 96.4 Å². The molecule has 0 N–H and O–H groups in total. The summed E-state index contributed by atoms with van der Waals surface area (Å²) in [6.45, 7) is 1.61. The summed E-state index contributed by atoms with van der Waals surface area (Å²) in [5.74, 6) is 0.943. The van der Waals surface area contributed by atoms with Crippen molar-refractivity contribution in [2.24, 2.45) is 0 Å². The zero-order valence-electron chi connectivity index (χ0n) is 14.4. The first-order valence-electron chi connectivity index (χ1n) is 8.48. The van der Waals surface area contributed by atoms with Crippen molar-refractivity contribution < 1.29 is 9.59 Å². The van der Waals surface area contributed by atoms with Crippen LogP contribution in [0.5, 0.6) is 0 Å². The summed E-state index contributed by atoms with van der Waals surface area (Å²) in [6, 6.07) is 20.2. The number of para-hydroxylation sites is 2. The van der Waals surface area contributed by atoms with Gasteiger partial charge in [0.2, 0.25) is 0 Å². The largest absolute Gasteiger partial charge is 0.325 e. The fourth-order valence-electron chi connectivity index (χ4n) is 3.08. The van der Waals surface area contributed by atoms with Gasteiger partial charge in [-0.05, 0) is 48.6 Å². The van der Waals surface area contributed by atoms with E-state index in [2.05, 4.69) is 34.1 Å². The summed E-state index contributed by atoms with van der Waals surface area (Å²) in [7, 11) is 0. The summed E-state index contributed by atoms with van der Waals surface area (Å²) in [5.41, 5.74) is 2.93. The Morgan fingerprint density at radius 3 is 1.50 bits per heavy atom. The van der Waals surface area contributed by atoms with Gasteiger partial charge in [-0.25, -0.2) is 0 Å². The second-order valence-electron chi connectivity index (χ2n) is 5.74. The Labute approximate surface area is 153 Å². The Bertz CT molecular complexity index is 769. The van der Waals surface area contributed by atoms with Gasteiger partial charge in [0.15, 0.2) is 0 Å². The number of nitrogens with zero attached hydrogens (tertiary/aromatic N) is 2. The molecular formula is C22H20N2O2. The fraction of sp³-hybridized carbons (Fsp3) is 0.0909. The van der Waals surface area contributed by atoms with E-state index in [-0.39, 0.29) is 0 Å². The van der Waals surface area contributed by atoms with Crippen molar-refractivity contribution in [2.45, 2.75) is 0 Å². The van der Waals surface area contributed by atoms with Crippen LogP contribution in [-0.4, -0.2) is 25.7 Å². The number of hydrogen-bond acceptors (Lipinski definition) is 4. The van der Waals surface area contributed by atoms with Crippen molar-refractivity contribution in [1.82, 2.24) is 0 Å². The smallest absolute Gasteiger partial charge is 0.142 e. The lowest BCUT2D eigenvalue weighted by Gasteiger charge is -2.27. The zero-order valence-corrected chi connectivity index (χ0v) is 14.4. The normalized spacial score (nSPS) is 14.4. The number of carbonyl (C=O) groups excluding carboxylic acids is 2. The molecule has 1 fully saturated rings. The minimum absolute atomic E-state index is 0.740. The molecule has 0 unspecified atom stereocenters. The Balaban J connectivity index is 2.15. The van der Waals surface area contributed by atoms with Crippen LogP contribution in [0.25, 0.3) is 0 Å². The van der Waals surface area contributed by atoms with E-state index >= 15 is 0 Å². The SMILES string of the molecule is O=C/C=C/C(/C=C/C=O)=C1N(c2ccccc2)CCN1c1ccccc1. The number of benzene rings is 2. The molecule has 0 amide bonds. The molecule has 0 spiro atoms. The van der Waals surface area contributed by atoms with Crippen molar-refractivity contribution in [3.63, 3.8) is 0 Å². The van der Waals surface area contributed by atoms with Crippen LogP contribution in [0.2, 0.25) is 0 Å². The van der Waals surface area contributed by atoms with E-state index in [1.165, 1.54) is 12.2 Å². The van der Waals surface area contributed by atoms with E-state index in [1.807, 2.05) is 36.4 Å². The molecule has 0 bridgehead atoms. The monoisotopic (exact) mass is 344 g/mol. The summed E-state index contributed by atoms with van der Waals surface area (Å²) in [5, 5.41) is 0. The quantitative estimate of drug-likeness (QED) is 0.591. The standard InChI is InChI=1S/C22H20N2O2/c25-17-7-9-19(10-8-18-26)22-23(20-11-3-1-4-12-20)15-16-24(22)21-13-5-2-6-14-21/h1-14,17-18H,15-16H2/b9-7+,10-8+. The highest BCUT2D eigenvalue weighted by atomic mass is 16.1. The molecule has 0 aromatic heterocycles. The maximum atomic E-state index is 10.9. The highest BCUT2D eigenvalue weighted by molar-refractivity contribution is 5.73. The molecule has 0 atom stereocenters. The third-order valence-corrected chi connectivity index (χ3v) is 4.16. The summed E-state index contributed by atoms with van der Waals surface area (Å²) < 4.78 is 0. The van der Waals surface area contributed by atoms with Gasteiger partial charge in [-0.2, -0.15) is 0 Å². The van der Waals surface area contributed by atoms with Crippen LogP contribution in [0.15, 0.2) is 96.4 Å². The van der Waals surface area contributed by atoms with Gasteiger partial charge < -0.3 is 9.80 Å². The molecule has 4 nitrogen and oxygen atoms in total. The molecule has 1 saturated heterocycles. The summed E-state index contributed by atoms with van der Waals surface area (Å²) in [4.78, 5) is 26.1. The first-order chi connectivity index (χ1) is 12.8. The van der Waals surface area contributed by atoms with E-state index in [0.29, 0.717) is 0 Å². The number of aldehydes is 2. The minimum Gasteiger partial charge on any atom is -0.325 e. The van der Waals surface area contributed by atoms with Crippen LogP contribution in [0.1, 0.15) is 0 Å². The topological polar surface area (TPSA) is 40.6 Å². The van der Waals surface area contributed by atoms with E-state index in [9.17, 15) is 9.59 Å². The van der Waals surface area contributed by atoms with Crippen LogP contribution < -0.4 is 9.80 Å².